The number of rotatable bonds is 0. The molecular weight excluding hydrogens is 288 g/mol. The Kier molecular flexibility index (Phi) is 3.15. The zero-order valence-corrected chi connectivity index (χ0v) is 13.2. The lowest BCUT2D eigenvalue weighted by molar-refractivity contribution is -0.124. The van der Waals surface area contributed by atoms with E-state index in [1.54, 1.807) is 0 Å². The van der Waals surface area contributed by atoms with Crippen molar-refractivity contribution in [3.05, 3.63) is 29.8 Å². The second-order valence-corrected chi connectivity index (χ2v) is 6.85. The van der Waals surface area contributed by atoms with Crippen molar-refractivity contribution in [2.45, 2.75) is 50.6 Å². The lowest BCUT2D eigenvalue weighted by Crippen LogP contribution is -2.57. The number of aliphatic imine (C=N–C) groups is 1. The molecule has 0 radical (unpaired) electrons. The Bertz CT molecular complexity index is 727. The molecule has 1 saturated carbocycles. The van der Waals surface area contributed by atoms with Crippen LogP contribution in [0.4, 0.5) is 5.69 Å². The summed E-state index contributed by atoms with van der Waals surface area (Å²) in [6.07, 6.45) is 4.67. The minimum atomic E-state index is -0.665. The Morgan fingerprint density at radius 1 is 1.35 bits per heavy atom. The number of hydrogen-bond donors (Lipinski definition) is 1. The number of para-hydroxylation sites is 1. The third-order valence-corrected chi connectivity index (χ3v) is 5.40. The summed E-state index contributed by atoms with van der Waals surface area (Å²) in [5, 5.41) is 12.4. The summed E-state index contributed by atoms with van der Waals surface area (Å²) in [4.78, 5) is 19.6. The van der Waals surface area contributed by atoms with E-state index < -0.39 is 11.5 Å². The maximum absolute atomic E-state index is 12.5. The Hall–Kier alpha value is -2.35. The molecule has 2 atom stereocenters. The van der Waals surface area contributed by atoms with Gasteiger partial charge in [-0.3, -0.25) is 10.1 Å². The molecule has 0 bridgehead atoms. The summed E-state index contributed by atoms with van der Waals surface area (Å²) in [7, 11) is 0. The van der Waals surface area contributed by atoms with Crippen molar-refractivity contribution >= 4 is 17.6 Å². The standard InChI is InChI=1S/C18H20N4O/c1-12-10-13-6-2-3-7-15(13)22(12)17-20-16(23)14(11-19)18(21-17)8-4-5-9-18/h2-3,6-7,12,14H,4-5,8-10H2,1H3,(H,20,21,23)/t12-,14-/m0/s1. The molecule has 5 nitrogen and oxygen atoms in total. The summed E-state index contributed by atoms with van der Waals surface area (Å²) in [5.41, 5.74) is 1.87. The van der Waals surface area contributed by atoms with Gasteiger partial charge in [-0.25, -0.2) is 4.99 Å². The monoisotopic (exact) mass is 308 g/mol. The van der Waals surface area contributed by atoms with Gasteiger partial charge in [0.05, 0.1) is 11.6 Å². The van der Waals surface area contributed by atoms with Crippen LogP contribution in [0.1, 0.15) is 38.2 Å². The largest absolute Gasteiger partial charge is 0.309 e. The van der Waals surface area contributed by atoms with Crippen LogP contribution < -0.4 is 10.2 Å². The van der Waals surface area contributed by atoms with E-state index in [1.165, 1.54) is 5.56 Å². The van der Waals surface area contributed by atoms with Crippen molar-refractivity contribution < 1.29 is 4.79 Å². The zero-order valence-electron chi connectivity index (χ0n) is 13.2. The minimum Gasteiger partial charge on any atom is -0.309 e. The van der Waals surface area contributed by atoms with Gasteiger partial charge in [0.15, 0.2) is 5.92 Å². The number of anilines is 1. The molecule has 5 heteroatoms. The highest BCUT2D eigenvalue weighted by Crippen LogP contribution is 2.42. The Labute approximate surface area is 136 Å². The summed E-state index contributed by atoms with van der Waals surface area (Å²) < 4.78 is 0. The van der Waals surface area contributed by atoms with Gasteiger partial charge in [-0.15, -0.1) is 0 Å². The first-order valence-corrected chi connectivity index (χ1v) is 8.32. The highest BCUT2D eigenvalue weighted by Gasteiger charge is 2.50. The van der Waals surface area contributed by atoms with Gasteiger partial charge in [0.1, 0.15) is 0 Å². The van der Waals surface area contributed by atoms with E-state index in [2.05, 4.69) is 35.3 Å². The van der Waals surface area contributed by atoms with Gasteiger partial charge in [-0.05, 0) is 37.8 Å². The van der Waals surface area contributed by atoms with E-state index in [0.717, 1.165) is 37.8 Å². The van der Waals surface area contributed by atoms with Crippen molar-refractivity contribution in [1.82, 2.24) is 5.32 Å². The fourth-order valence-electron chi connectivity index (χ4n) is 4.30. The van der Waals surface area contributed by atoms with Crippen molar-refractivity contribution in [3.8, 4) is 6.07 Å². The number of benzene rings is 1. The van der Waals surface area contributed by atoms with Crippen molar-refractivity contribution in [2.24, 2.45) is 10.9 Å². The van der Waals surface area contributed by atoms with E-state index in [-0.39, 0.29) is 11.9 Å². The average molecular weight is 308 g/mol. The van der Waals surface area contributed by atoms with Crippen LogP contribution in [-0.2, 0) is 11.2 Å². The fourth-order valence-corrected chi connectivity index (χ4v) is 4.30. The first-order chi connectivity index (χ1) is 11.1. The van der Waals surface area contributed by atoms with Crippen molar-refractivity contribution in [3.63, 3.8) is 0 Å². The van der Waals surface area contributed by atoms with Gasteiger partial charge in [0.2, 0.25) is 11.9 Å². The summed E-state index contributed by atoms with van der Waals surface area (Å²) in [6.45, 7) is 2.15. The van der Waals surface area contributed by atoms with Crippen LogP contribution in [0.5, 0.6) is 0 Å². The molecule has 0 aromatic heterocycles. The van der Waals surface area contributed by atoms with Crippen molar-refractivity contribution in [1.29, 1.82) is 5.26 Å². The van der Waals surface area contributed by atoms with E-state index in [0.29, 0.717) is 5.96 Å². The molecule has 23 heavy (non-hydrogen) atoms. The van der Waals surface area contributed by atoms with Crippen LogP contribution in [0.25, 0.3) is 0 Å². The van der Waals surface area contributed by atoms with Gasteiger partial charge in [-0.2, -0.15) is 5.26 Å². The molecule has 0 unspecified atom stereocenters. The number of nitrogens with one attached hydrogen (secondary N) is 1. The number of fused-ring (bicyclic) bond motifs is 1. The molecule has 1 aromatic carbocycles. The Morgan fingerprint density at radius 3 is 2.83 bits per heavy atom. The van der Waals surface area contributed by atoms with Crippen molar-refractivity contribution in [2.75, 3.05) is 4.90 Å². The Balaban J connectivity index is 1.79. The molecule has 1 aromatic rings. The van der Waals surface area contributed by atoms with Crippen LogP contribution in [0.3, 0.4) is 0 Å². The predicted octanol–water partition coefficient (Wildman–Crippen LogP) is 2.38. The molecule has 1 spiro atoms. The third kappa shape index (κ3) is 2.05. The second kappa shape index (κ2) is 5.09. The molecule has 3 aliphatic rings. The number of nitriles is 1. The molecule has 1 amide bonds. The molecule has 0 saturated heterocycles. The van der Waals surface area contributed by atoms with Gasteiger partial charge >= 0.3 is 0 Å². The number of carbonyl (C=O) groups excluding carboxylic acids is 1. The summed E-state index contributed by atoms with van der Waals surface area (Å²) >= 11 is 0. The molecule has 4 rings (SSSR count). The smallest absolute Gasteiger partial charge is 0.246 e. The number of nitrogens with zero attached hydrogens (tertiary/aromatic N) is 3. The molecule has 1 N–H and O–H groups in total. The lowest BCUT2D eigenvalue weighted by Gasteiger charge is -2.37. The maximum atomic E-state index is 12.5. The lowest BCUT2D eigenvalue weighted by atomic mass is 9.82. The molecule has 2 heterocycles. The quantitative estimate of drug-likeness (QED) is 0.800. The van der Waals surface area contributed by atoms with Crippen LogP contribution >= 0.6 is 0 Å². The molecular formula is C18H20N4O. The maximum Gasteiger partial charge on any atom is 0.246 e. The van der Waals surface area contributed by atoms with E-state index in [9.17, 15) is 10.1 Å². The number of hydrogen-bond acceptors (Lipinski definition) is 4. The average Bonchev–Trinajstić information content (AvgIpc) is 3.11. The van der Waals surface area contributed by atoms with E-state index in [4.69, 9.17) is 4.99 Å². The Morgan fingerprint density at radius 2 is 2.09 bits per heavy atom. The topological polar surface area (TPSA) is 68.5 Å². The van der Waals surface area contributed by atoms with Gasteiger partial charge in [-0.1, -0.05) is 31.0 Å². The fraction of sp³-hybridized carbons (Fsp3) is 0.500. The second-order valence-electron chi connectivity index (χ2n) is 6.85. The SMILES string of the molecule is C[C@H]1Cc2ccccc2N1C1=NC2(CCCC2)[C@@H](C#N)C(=O)N1. The van der Waals surface area contributed by atoms with Crippen LogP contribution in [0.2, 0.25) is 0 Å². The van der Waals surface area contributed by atoms with Crippen LogP contribution in [-0.4, -0.2) is 23.4 Å². The minimum absolute atomic E-state index is 0.198. The van der Waals surface area contributed by atoms with E-state index in [1.807, 2.05) is 12.1 Å². The normalized spacial score (nSPS) is 28.3. The van der Waals surface area contributed by atoms with Gasteiger partial charge < -0.3 is 4.90 Å². The molecule has 2 aliphatic heterocycles. The summed E-state index contributed by atoms with van der Waals surface area (Å²) in [5.74, 6) is -0.237. The number of carbonyl (C=O) groups is 1. The van der Waals surface area contributed by atoms with Crippen LogP contribution in [0, 0.1) is 17.2 Å². The molecule has 1 aliphatic carbocycles. The molecule has 1 fully saturated rings. The first kappa shape index (κ1) is 14.3. The van der Waals surface area contributed by atoms with E-state index >= 15 is 0 Å². The number of guanidine groups is 1. The van der Waals surface area contributed by atoms with Gasteiger partial charge in [0.25, 0.3) is 0 Å². The summed E-state index contributed by atoms with van der Waals surface area (Å²) in [6, 6.07) is 10.7. The predicted molar refractivity (Wildman–Crippen MR) is 88.0 cm³/mol. The van der Waals surface area contributed by atoms with Crippen LogP contribution in [0.15, 0.2) is 29.3 Å². The van der Waals surface area contributed by atoms with Gasteiger partial charge in [0, 0.05) is 11.7 Å². The highest BCUT2D eigenvalue weighted by atomic mass is 16.2. The zero-order chi connectivity index (χ0) is 16.0. The molecule has 118 valence electrons. The third-order valence-electron chi connectivity index (χ3n) is 5.40. The number of amides is 1. The highest BCUT2D eigenvalue weighted by molar-refractivity contribution is 6.10. The first-order valence-electron chi connectivity index (χ1n) is 8.32.